The molecular weight excluding hydrogens is 181 g/mol. The fourth-order valence-corrected chi connectivity index (χ4v) is 1.59. The van der Waals surface area contributed by atoms with Crippen molar-refractivity contribution in [2.24, 2.45) is 5.73 Å². The molecule has 0 aliphatic rings. The zero-order chi connectivity index (χ0) is 10.6. The summed E-state index contributed by atoms with van der Waals surface area (Å²) in [6, 6.07) is 4.64. The molecule has 1 aromatic rings. The summed E-state index contributed by atoms with van der Waals surface area (Å²) in [6.45, 7) is 1.93. The summed E-state index contributed by atoms with van der Waals surface area (Å²) in [6.07, 6.45) is 1.09. The second-order valence-electron chi connectivity index (χ2n) is 3.28. The summed E-state index contributed by atoms with van der Waals surface area (Å²) >= 11 is 0. The highest BCUT2D eigenvalue weighted by Crippen LogP contribution is 2.21. The molecule has 0 bridgehead atoms. The number of halogens is 1. The highest BCUT2D eigenvalue weighted by molar-refractivity contribution is 5.31. The van der Waals surface area contributed by atoms with Crippen LogP contribution in [0.4, 0.5) is 4.39 Å². The molecule has 1 atom stereocenters. The number of benzene rings is 1. The van der Waals surface area contributed by atoms with Gasteiger partial charge in [-0.25, -0.2) is 4.39 Å². The minimum atomic E-state index is -0.273. The van der Waals surface area contributed by atoms with Crippen LogP contribution in [0, 0.1) is 5.82 Å². The van der Waals surface area contributed by atoms with Gasteiger partial charge in [-0.1, -0.05) is 19.1 Å². The molecule has 0 saturated carbocycles. The van der Waals surface area contributed by atoms with E-state index in [1.54, 1.807) is 6.07 Å². The third kappa shape index (κ3) is 2.30. The summed E-state index contributed by atoms with van der Waals surface area (Å²) in [7, 11) is 0. The highest BCUT2D eigenvalue weighted by atomic mass is 19.1. The van der Waals surface area contributed by atoms with Crippen LogP contribution in [0.5, 0.6) is 0 Å². The van der Waals surface area contributed by atoms with Gasteiger partial charge in [-0.15, -0.1) is 0 Å². The van der Waals surface area contributed by atoms with Crippen molar-refractivity contribution in [3.05, 3.63) is 35.1 Å². The van der Waals surface area contributed by atoms with Gasteiger partial charge in [0.2, 0.25) is 0 Å². The maximum absolute atomic E-state index is 13.3. The van der Waals surface area contributed by atoms with Gasteiger partial charge in [0, 0.05) is 12.6 Å². The van der Waals surface area contributed by atoms with Crippen molar-refractivity contribution in [3.63, 3.8) is 0 Å². The minimum Gasteiger partial charge on any atom is -0.396 e. The Morgan fingerprint density at radius 1 is 1.50 bits per heavy atom. The lowest BCUT2D eigenvalue weighted by Gasteiger charge is -2.15. The van der Waals surface area contributed by atoms with E-state index in [-0.39, 0.29) is 18.5 Å². The summed E-state index contributed by atoms with van der Waals surface area (Å²) in [5.74, 6) is -0.210. The molecule has 1 aromatic carbocycles. The van der Waals surface area contributed by atoms with Crippen molar-refractivity contribution in [1.82, 2.24) is 0 Å². The number of aliphatic hydroxyl groups is 1. The van der Waals surface area contributed by atoms with Crippen molar-refractivity contribution < 1.29 is 9.50 Å². The predicted octanol–water partition coefficient (Wildman–Crippen LogP) is 1.77. The number of rotatable bonds is 4. The summed E-state index contributed by atoms with van der Waals surface area (Å²) in [5, 5.41) is 8.76. The molecule has 0 radical (unpaired) electrons. The average molecular weight is 197 g/mol. The van der Waals surface area contributed by atoms with Crippen molar-refractivity contribution in [2.75, 3.05) is 6.61 Å². The zero-order valence-electron chi connectivity index (χ0n) is 8.33. The van der Waals surface area contributed by atoms with Crippen molar-refractivity contribution in [3.8, 4) is 0 Å². The van der Waals surface area contributed by atoms with Crippen molar-refractivity contribution >= 4 is 0 Å². The van der Waals surface area contributed by atoms with E-state index >= 15 is 0 Å². The van der Waals surface area contributed by atoms with Gasteiger partial charge in [0.15, 0.2) is 0 Å². The lowest BCUT2D eigenvalue weighted by molar-refractivity contribution is 0.276. The SMILES string of the molecule is CCc1c(F)cccc1[C@@H](N)CCO. The lowest BCUT2D eigenvalue weighted by Crippen LogP contribution is -2.14. The fraction of sp³-hybridized carbons (Fsp3) is 0.455. The normalized spacial score (nSPS) is 12.9. The quantitative estimate of drug-likeness (QED) is 0.772. The molecule has 0 fully saturated rings. The number of hydrogen-bond acceptors (Lipinski definition) is 2. The molecular formula is C11H16FNO. The third-order valence-electron chi connectivity index (χ3n) is 2.35. The van der Waals surface area contributed by atoms with Gasteiger partial charge in [0.05, 0.1) is 0 Å². The highest BCUT2D eigenvalue weighted by Gasteiger charge is 2.12. The molecule has 14 heavy (non-hydrogen) atoms. The summed E-state index contributed by atoms with van der Waals surface area (Å²) < 4.78 is 13.3. The molecule has 0 saturated heterocycles. The van der Waals surface area contributed by atoms with Crippen molar-refractivity contribution in [1.29, 1.82) is 0 Å². The van der Waals surface area contributed by atoms with Crippen LogP contribution in [0.15, 0.2) is 18.2 Å². The second kappa shape index (κ2) is 5.08. The van der Waals surface area contributed by atoms with E-state index in [1.165, 1.54) is 6.07 Å². The van der Waals surface area contributed by atoms with E-state index < -0.39 is 0 Å². The standard InChI is InChI=1S/C11H16FNO/c1-2-8-9(11(13)6-7-14)4-3-5-10(8)12/h3-5,11,14H,2,6-7,13H2,1H3/t11-/m0/s1. The van der Waals surface area contributed by atoms with Gasteiger partial charge < -0.3 is 10.8 Å². The summed E-state index contributed by atoms with van der Waals surface area (Å²) in [4.78, 5) is 0. The van der Waals surface area contributed by atoms with Crippen LogP contribution in [0.1, 0.15) is 30.5 Å². The van der Waals surface area contributed by atoms with E-state index in [9.17, 15) is 4.39 Å². The van der Waals surface area contributed by atoms with Crippen LogP contribution in [0.25, 0.3) is 0 Å². The average Bonchev–Trinajstić information content (AvgIpc) is 2.17. The smallest absolute Gasteiger partial charge is 0.126 e. The maximum atomic E-state index is 13.3. The largest absolute Gasteiger partial charge is 0.396 e. The molecule has 0 amide bonds. The predicted molar refractivity (Wildman–Crippen MR) is 54.4 cm³/mol. The molecule has 0 spiro atoms. The first kappa shape index (κ1) is 11.1. The summed E-state index contributed by atoms with van der Waals surface area (Å²) in [5.41, 5.74) is 7.29. The van der Waals surface area contributed by atoms with Gasteiger partial charge in [-0.2, -0.15) is 0 Å². The van der Waals surface area contributed by atoms with Crippen LogP contribution >= 0.6 is 0 Å². The Hall–Kier alpha value is -0.930. The number of aliphatic hydroxyl groups excluding tert-OH is 1. The topological polar surface area (TPSA) is 46.2 Å². The van der Waals surface area contributed by atoms with E-state index in [0.29, 0.717) is 18.4 Å². The Morgan fingerprint density at radius 3 is 2.79 bits per heavy atom. The Labute approximate surface area is 83.6 Å². The Bertz CT molecular complexity index is 301. The third-order valence-corrected chi connectivity index (χ3v) is 2.35. The maximum Gasteiger partial charge on any atom is 0.126 e. The first-order valence-electron chi connectivity index (χ1n) is 4.84. The minimum absolute atomic E-state index is 0.0286. The Balaban J connectivity index is 3.00. The van der Waals surface area contributed by atoms with Gasteiger partial charge in [0.1, 0.15) is 5.82 Å². The molecule has 0 aromatic heterocycles. The Kier molecular flexibility index (Phi) is 4.04. The van der Waals surface area contributed by atoms with E-state index in [1.807, 2.05) is 13.0 Å². The number of hydrogen-bond donors (Lipinski definition) is 2. The molecule has 0 aliphatic carbocycles. The van der Waals surface area contributed by atoms with E-state index in [0.717, 1.165) is 5.56 Å². The first-order chi connectivity index (χ1) is 6.70. The fourth-order valence-electron chi connectivity index (χ4n) is 1.59. The Morgan fingerprint density at radius 2 is 2.21 bits per heavy atom. The molecule has 0 heterocycles. The van der Waals surface area contributed by atoms with Gasteiger partial charge in [0.25, 0.3) is 0 Å². The molecule has 0 unspecified atom stereocenters. The molecule has 0 aliphatic heterocycles. The van der Waals surface area contributed by atoms with Gasteiger partial charge in [-0.05, 0) is 30.0 Å². The van der Waals surface area contributed by atoms with Gasteiger partial charge >= 0.3 is 0 Å². The van der Waals surface area contributed by atoms with Crippen LogP contribution in [-0.2, 0) is 6.42 Å². The van der Waals surface area contributed by atoms with Gasteiger partial charge in [-0.3, -0.25) is 0 Å². The van der Waals surface area contributed by atoms with Crippen LogP contribution in [-0.4, -0.2) is 11.7 Å². The lowest BCUT2D eigenvalue weighted by atomic mass is 9.97. The first-order valence-corrected chi connectivity index (χ1v) is 4.84. The van der Waals surface area contributed by atoms with Crippen LogP contribution in [0.2, 0.25) is 0 Å². The molecule has 3 heteroatoms. The molecule has 3 N–H and O–H groups in total. The van der Waals surface area contributed by atoms with Crippen LogP contribution in [0.3, 0.4) is 0 Å². The van der Waals surface area contributed by atoms with Crippen LogP contribution < -0.4 is 5.73 Å². The van der Waals surface area contributed by atoms with E-state index in [4.69, 9.17) is 10.8 Å². The monoisotopic (exact) mass is 197 g/mol. The van der Waals surface area contributed by atoms with E-state index in [2.05, 4.69) is 0 Å². The second-order valence-corrected chi connectivity index (χ2v) is 3.28. The molecule has 2 nitrogen and oxygen atoms in total. The van der Waals surface area contributed by atoms with Crippen molar-refractivity contribution in [2.45, 2.75) is 25.8 Å². The zero-order valence-corrected chi connectivity index (χ0v) is 8.33. The molecule has 78 valence electrons. The molecule has 1 rings (SSSR count). The number of nitrogens with two attached hydrogens (primary N) is 1.